The van der Waals surface area contributed by atoms with Gasteiger partial charge >= 0.3 is 0 Å². The van der Waals surface area contributed by atoms with Crippen LogP contribution in [-0.4, -0.2) is 31.6 Å². The number of para-hydroxylation sites is 1. The molecule has 0 radical (unpaired) electrons. The lowest BCUT2D eigenvalue weighted by Gasteiger charge is -2.17. The van der Waals surface area contributed by atoms with Gasteiger partial charge in [-0.1, -0.05) is 24.3 Å². The van der Waals surface area contributed by atoms with Gasteiger partial charge in [-0.3, -0.25) is 0 Å². The molecule has 0 bridgehead atoms. The lowest BCUT2D eigenvalue weighted by Crippen LogP contribution is -2.26. The number of ether oxygens (including phenoxy) is 1. The molecule has 2 N–H and O–H groups in total. The number of nitrogens with zero attached hydrogens (tertiary/aromatic N) is 1. The third kappa shape index (κ3) is 4.63. The molecule has 0 unspecified atom stereocenters. The summed E-state index contributed by atoms with van der Waals surface area (Å²) in [5.41, 5.74) is 6.76. The van der Waals surface area contributed by atoms with Crippen molar-refractivity contribution in [2.24, 2.45) is 5.73 Å². The van der Waals surface area contributed by atoms with E-state index in [0.717, 1.165) is 30.8 Å². The van der Waals surface area contributed by atoms with Gasteiger partial charge in [0.2, 0.25) is 0 Å². The van der Waals surface area contributed by atoms with Crippen LogP contribution in [0.25, 0.3) is 0 Å². The van der Waals surface area contributed by atoms with E-state index in [4.69, 9.17) is 10.5 Å². The first-order valence-corrected chi connectivity index (χ1v) is 7.79. The van der Waals surface area contributed by atoms with Crippen LogP contribution in [0.5, 0.6) is 5.75 Å². The Bertz CT molecular complexity index is 499. The first-order valence-electron chi connectivity index (χ1n) is 6.91. The van der Waals surface area contributed by atoms with Crippen molar-refractivity contribution in [3.63, 3.8) is 0 Å². The van der Waals surface area contributed by atoms with E-state index in [9.17, 15) is 0 Å². The monoisotopic (exact) mass is 290 g/mol. The Morgan fingerprint density at radius 1 is 1.15 bits per heavy atom. The fourth-order valence-electron chi connectivity index (χ4n) is 1.99. The number of rotatable bonds is 8. The summed E-state index contributed by atoms with van der Waals surface area (Å²) in [6.45, 7) is 3.19. The fourth-order valence-corrected chi connectivity index (χ4v) is 2.69. The van der Waals surface area contributed by atoms with Crippen LogP contribution >= 0.6 is 11.3 Å². The Kier molecular flexibility index (Phi) is 6.05. The predicted molar refractivity (Wildman–Crippen MR) is 85.3 cm³/mol. The number of likely N-dealkylation sites (N-methyl/N-ethyl adjacent to an activating group) is 1. The summed E-state index contributed by atoms with van der Waals surface area (Å²) in [5, 5.41) is 2.13. The molecule has 4 heteroatoms. The zero-order valence-corrected chi connectivity index (χ0v) is 12.7. The molecule has 0 aliphatic heterocycles. The van der Waals surface area contributed by atoms with Crippen molar-refractivity contribution in [1.82, 2.24) is 4.90 Å². The highest BCUT2D eigenvalue weighted by atomic mass is 32.1. The Morgan fingerprint density at radius 3 is 2.75 bits per heavy atom. The first kappa shape index (κ1) is 15.0. The summed E-state index contributed by atoms with van der Waals surface area (Å²) in [6.07, 6.45) is 1.10. The van der Waals surface area contributed by atoms with Crippen molar-refractivity contribution in [3.8, 4) is 5.75 Å². The molecule has 3 nitrogen and oxygen atoms in total. The number of benzene rings is 1. The molecule has 1 heterocycles. The van der Waals surface area contributed by atoms with E-state index >= 15 is 0 Å². The van der Waals surface area contributed by atoms with E-state index in [1.54, 1.807) is 0 Å². The third-order valence-corrected chi connectivity index (χ3v) is 4.18. The molecule has 0 spiro atoms. The van der Waals surface area contributed by atoms with Crippen molar-refractivity contribution in [2.75, 3.05) is 26.7 Å². The van der Waals surface area contributed by atoms with E-state index in [-0.39, 0.29) is 0 Å². The molecule has 0 aliphatic rings. The molecule has 1 aromatic heterocycles. The van der Waals surface area contributed by atoms with Crippen LogP contribution in [0.4, 0.5) is 0 Å². The highest BCUT2D eigenvalue weighted by molar-refractivity contribution is 7.09. The zero-order valence-electron chi connectivity index (χ0n) is 11.9. The number of hydrogen-bond acceptors (Lipinski definition) is 4. The second-order valence-electron chi connectivity index (χ2n) is 4.79. The maximum Gasteiger partial charge on any atom is 0.123 e. The van der Waals surface area contributed by atoms with Gasteiger partial charge in [0, 0.05) is 30.1 Å². The van der Waals surface area contributed by atoms with Crippen LogP contribution in [0.3, 0.4) is 0 Å². The molecule has 0 fully saturated rings. The topological polar surface area (TPSA) is 38.5 Å². The summed E-state index contributed by atoms with van der Waals surface area (Å²) in [7, 11) is 2.13. The second kappa shape index (κ2) is 8.04. The lowest BCUT2D eigenvalue weighted by molar-refractivity contribution is 0.238. The van der Waals surface area contributed by atoms with E-state index < -0.39 is 0 Å². The Balaban J connectivity index is 1.69. The van der Waals surface area contributed by atoms with Gasteiger partial charge in [0.1, 0.15) is 12.4 Å². The first-order chi connectivity index (χ1) is 9.79. The Hall–Kier alpha value is -1.36. The van der Waals surface area contributed by atoms with Gasteiger partial charge in [-0.2, -0.15) is 0 Å². The molecule has 1 aromatic carbocycles. The van der Waals surface area contributed by atoms with Crippen molar-refractivity contribution in [1.29, 1.82) is 0 Å². The zero-order chi connectivity index (χ0) is 14.2. The fraction of sp³-hybridized carbons (Fsp3) is 0.375. The smallest absolute Gasteiger partial charge is 0.123 e. The summed E-state index contributed by atoms with van der Waals surface area (Å²) in [4.78, 5) is 3.73. The molecule has 0 saturated heterocycles. The molecule has 2 rings (SSSR count). The standard InChI is InChI=1S/C16H22N2OS/c1-18(9-8-15-6-4-12-20-15)10-11-19-16-7-3-2-5-14(16)13-17/h2-7,12H,8-11,13,17H2,1H3. The molecular formula is C16H22N2OS. The minimum Gasteiger partial charge on any atom is -0.492 e. The minimum absolute atomic E-state index is 0.518. The maximum absolute atomic E-state index is 5.82. The molecule has 2 aromatic rings. The summed E-state index contributed by atoms with van der Waals surface area (Å²) >= 11 is 1.82. The van der Waals surface area contributed by atoms with Gasteiger partial charge in [0.15, 0.2) is 0 Å². The quantitative estimate of drug-likeness (QED) is 0.812. The predicted octanol–water partition coefficient (Wildman–Crippen LogP) is 2.76. The number of hydrogen-bond donors (Lipinski definition) is 1. The Morgan fingerprint density at radius 2 is 2.00 bits per heavy atom. The third-order valence-electron chi connectivity index (χ3n) is 3.24. The summed E-state index contributed by atoms with van der Waals surface area (Å²) in [5.74, 6) is 0.904. The summed E-state index contributed by atoms with van der Waals surface area (Å²) in [6, 6.07) is 12.3. The van der Waals surface area contributed by atoms with Crippen molar-refractivity contribution >= 4 is 11.3 Å². The second-order valence-corrected chi connectivity index (χ2v) is 5.83. The average Bonchev–Trinajstić information content (AvgIpc) is 2.99. The normalized spacial score (nSPS) is 10.9. The number of thiophene rings is 1. The molecule has 0 atom stereocenters. The highest BCUT2D eigenvalue weighted by Gasteiger charge is 2.03. The van der Waals surface area contributed by atoms with E-state index in [1.807, 2.05) is 35.6 Å². The minimum atomic E-state index is 0.518. The summed E-state index contributed by atoms with van der Waals surface area (Å²) < 4.78 is 5.82. The van der Waals surface area contributed by atoms with Gasteiger partial charge in [-0.25, -0.2) is 0 Å². The van der Waals surface area contributed by atoms with Crippen LogP contribution in [0.2, 0.25) is 0 Å². The van der Waals surface area contributed by atoms with E-state index in [2.05, 4.69) is 29.5 Å². The van der Waals surface area contributed by atoms with Gasteiger partial charge in [0.25, 0.3) is 0 Å². The SMILES string of the molecule is CN(CCOc1ccccc1CN)CCc1cccs1. The van der Waals surface area contributed by atoms with Crippen molar-refractivity contribution < 1.29 is 4.74 Å². The van der Waals surface area contributed by atoms with E-state index in [0.29, 0.717) is 13.2 Å². The van der Waals surface area contributed by atoms with E-state index in [1.165, 1.54) is 4.88 Å². The molecule has 0 saturated carbocycles. The maximum atomic E-state index is 5.82. The largest absolute Gasteiger partial charge is 0.492 e. The average molecular weight is 290 g/mol. The van der Waals surface area contributed by atoms with Crippen LogP contribution in [-0.2, 0) is 13.0 Å². The molecular weight excluding hydrogens is 268 g/mol. The van der Waals surface area contributed by atoms with Crippen molar-refractivity contribution in [2.45, 2.75) is 13.0 Å². The Labute approximate surface area is 125 Å². The van der Waals surface area contributed by atoms with Gasteiger partial charge in [0.05, 0.1) is 0 Å². The molecule has 0 amide bonds. The van der Waals surface area contributed by atoms with Gasteiger partial charge in [-0.15, -0.1) is 11.3 Å². The highest BCUT2D eigenvalue weighted by Crippen LogP contribution is 2.16. The number of nitrogens with two attached hydrogens (primary N) is 1. The van der Waals surface area contributed by atoms with Crippen LogP contribution in [0.1, 0.15) is 10.4 Å². The molecule has 108 valence electrons. The lowest BCUT2D eigenvalue weighted by atomic mass is 10.2. The van der Waals surface area contributed by atoms with Crippen LogP contribution in [0, 0.1) is 0 Å². The van der Waals surface area contributed by atoms with Crippen LogP contribution < -0.4 is 10.5 Å². The van der Waals surface area contributed by atoms with Crippen molar-refractivity contribution in [3.05, 3.63) is 52.2 Å². The van der Waals surface area contributed by atoms with Gasteiger partial charge in [-0.05, 0) is 31.0 Å². The molecule has 20 heavy (non-hydrogen) atoms. The van der Waals surface area contributed by atoms with Gasteiger partial charge < -0.3 is 15.4 Å². The molecule has 0 aliphatic carbocycles. The van der Waals surface area contributed by atoms with Crippen LogP contribution in [0.15, 0.2) is 41.8 Å².